The van der Waals surface area contributed by atoms with Gasteiger partial charge in [0.2, 0.25) is 0 Å². The summed E-state index contributed by atoms with van der Waals surface area (Å²) < 4.78 is 26.7. The van der Waals surface area contributed by atoms with Crippen molar-refractivity contribution in [3.8, 4) is 0 Å². The fourth-order valence-electron chi connectivity index (χ4n) is 2.54. The third-order valence-corrected chi connectivity index (χ3v) is 5.43. The minimum Gasteiger partial charge on any atom is -0.478 e. The van der Waals surface area contributed by atoms with E-state index in [1.54, 1.807) is 6.08 Å². The van der Waals surface area contributed by atoms with E-state index in [4.69, 9.17) is 5.11 Å². The van der Waals surface area contributed by atoms with Crippen molar-refractivity contribution >= 4 is 16.0 Å². The Balaban J connectivity index is 2.32. The Bertz CT molecular complexity index is 619. The fourth-order valence-corrected chi connectivity index (χ4v) is 4.11. The van der Waals surface area contributed by atoms with Gasteiger partial charge in [-0.1, -0.05) is 18.9 Å². The summed E-state index contributed by atoms with van der Waals surface area (Å²) in [6, 6.07) is 2.46. The van der Waals surface area contributed by atoms with Crippen LogP contribution in [-0.4, -0.2) is 41.4 Å². The predicted octanol–water partition coefficient (Wildman–Crippen LogP) is 1.90. The predicted molar refractivity (Wildman–Crippen MR) is 77.5 cm³/mol. The van der Waals surface area contributed by atoms with Gasteiger partial charge in [0.05, 0.1) is 5.56 Å². The maximum Gasteiger partial charge on any atom is 0.337 e. The third kappa shape index (κ3) is 3.30. The summed E-state index contributed by atoms with van der Waals surface area (Å²) >= 11 is 0. The van der Waals surface area contributed by atoms with Gasteiger partial charge in [0, 0.05) is 18.8 Å². The van der Waals surface area contributed by atoms with Crippen molar-refractivity contribution in [2.24, 2.45) is 0 Å². The smallest absolute Gasteiger partial charge is 0.337 e. The molecule has 1 aliphatic rings. The minimum atomic E-state index is -3.73. The molecule has 1 saturated carbocycles. The van der Waals surface area contributed by atoms with Crippen LogP contribution in [-0.2, 0) is 10.0 Å². The van der Waals surface area contributed by atoms with Crippen LogP contribution in [0, 0.1) is 0 Å². The second-order valence-electron chi connectivity index (χ2n) is 4.99. The molecular formula is C14H18N2O4S. The number of rotatable bonds is 6. The van der Waals surface area contributed by atoms with Gasteiger partial charge >= 0.3 is 5.97 Å². The fraction of sp³-hybridized carbons (Fsp3) is 0.429. The highest BCUT2D eigenvalue weighted by atomic mass is 32.2. The van der Waals surface area contributed by atoms with E-state index in [0.29, 0.717) is 0 Å². The average molecular weight is 310 g/mol. The van der Waals surface area contributed by atoms with E-state index in [1.165, 1.54) is 16.4 Å². The van der Waals surface area contributed by atoms with Crippen LogP contribution in [0.15, 0.2) is 36.0 Å². The van der Waals surface area contributed by atoms with E-state index in [0.717, 1.165) is 31.9 Å². The van der Waals surface area contributed by atoms with E-state index in [9.17, 15) is 13.2 Å². The summed E-state index contributed by atoms with van der Waals surface area (Å²) in [4.78, 5) is 14.6. The molecule has 0 aromatic carbocycles. The lowest BCUT2D eigenvalue weighted by Gasteiger charge is -2.26. The average Bonchev–Trinajstić information content (AvgIpc) is 2.98. The first-order valence-corrected chi connectivity index (χ1v) is 8.23. The molecule has 0 saturated heterocycles. The second-order valence-corrected chi connectivity index (χ2v) is 6.83. The standard InChI is InChI=1S/C14H18N2O4S/c1-2-9-16(12-5-3-4-6-12)21(19,20)13-8-7-11(10-15-13)14(17)18/h2,7-8,10,12H,1,3-6,9H2,(H,17,18). The third-order valence-electron chi connectivity index (χ3n) is 3.60. The molecule has 0 spiro atoms. The zero-order valence-electron chi connectivity index (χ0n) is 11.6. The summed E-state index contributed by atoms with van der Waals surface area (Å²) in [5.74, 6) is -1.13. The Kier molecular flexibility index (Phi) is 4.74. The van der Waals surface area contributed by atoms with Crippen molar-refractivity contribution in [1.82, 2.24) is 9.29 Å². The first-order valence-electron chi connectivity index (χ1n) is 6.79. The van der Waals surface area contributed by atoms with Gasteiger partial charge in [0.1, 0.15) is 0 Å². The van der Waals surface area contributed by atoms with Crippen LogP contribution >= 0.6 is 0 Å². The molecular weight excluding hydrogens is 292 g/mol. The largest absolute Gasteiger partial charge is 0.478 e. The Morgan fingerprint density at radius 3 is 2.57 bits per heavy atom. The lowest BCUT2D eigenvalue weighted by atomic mass is 10.2. The Morgan fingerprint density at radius 2 is 2.10 bits per heavy atom. The zero-order valence-corrected chi connectivity index (χ0v) is 12.4. The molecule has 1 fully saturated rings. The highest BCUT2D eigenvalue weighted by molar-refractivity contribution is 7.89. The number of aromatic nitrogens is 1. The Labute approximate surface area is 124 Å². The monoisotopic (exact) mass is 310 g/mol. The topological polar surface area (TPSA) is 87.6 Å². The van der Waals surface area contributed by atoms with Crippen molar-refractivity contribution in [3.63, 3.8) is 0 Å². The van der Waals surface area contributed by atoms with Crippen LogP contribution in [0.25, 0.3) is 0 Å². The summed E-state index contributed by atoms with van der Waals surface area (Å²) in [5, 5.41) is 8.71. The van der Waals surface area contributed by atoms with Crippen LogP contribution in [0.1, 0.15) is 36.0 Å². The van der Waals surface area contributed by atoms with Crippen molar-refractivity contribution in [3.05, 3.63) is 36.5 Å². The van der Waals surface area contributed by atoms with Crippen molar-refractivity contribution < 1.29 is 18.3 Å². The zero-order chi connectivity index (χ0) is 15.5. The van der Waals surface area contributed by atoms with E-state index < -0.39 is 16.0 Å². The molecule has 0 radical (unpaired) electrons. The number of carboxylic acid groups (broad SMARTS) is 1. The normalized spacial score (nSPS) is 16.2. The molecule has 1 aliphatic carbocycles. The van der Waals surface area contributed by atoms with Gasteiger partial charge in [-0.15, -0.1) is 6.58 Å². The molecule has 21 heavy (non-hydrogen) atoms. The number of carbonyl (C=O) groups is 1. The molecule has 0 unspecified atom stereocenters. The van der Waals surface area contributed by atoms with E-state index in [1.807, 2.05) is 0 Å². The van der Waals surface area contributed by atoms with Crippen LogP contribution in [0.3, 0.4) is 0 Å². The molecule has 0 amide bonds. The van der Waals surface area contributed by atoms with E-state index >= 15 is 0 Å². The number of nitrogens with zero attached hydrogens (tertiary/aromatic N) is 2. The first kappa shape index (κ1) is 15.7. The van der Waals surface area contributed by atoms with Crippen LogP contribution in [0.5, 0.6) is 0 Å². The van der Waals surface area contributed by atoms with E-state index in [-0.39, 0.29) is 23.2 Å². The molecule has 1 N–H and O–H groups in total. The molecule has 1 aromatic rings. The lowest BCUT2D eigenvalue weighted by Crippen LogP contribution is -2.39. The molecule has 6 nitrogen and oxygen atoms in total. The molecule has 1 aromatic heterocycles. The van der Waals surface area contributed by atoms with Gasteiger partial charge in [-0.3, -0.25) is 0 Å². The van der Waals surface area contributed by atoms with Crippen molar-refractivity contribution in [2.75, 3.05) is 6.54 Å². The van der Waals surface area contributed by atoms with Crippen LogP contribution in [0.4, 0.5) is 0 Å². The molecule has 0 atom stereocenters. The number of hydrogen-bond acceptors (Lipinski definition) is 4. The Hall–Kier alpha value is -1.73. The number of aromatic carboxylic acids is 1. The number of carboxylic acids is 1. The van der Waals surface area contributed by atoms with Crippen molar-refractivity contribution in [2.45, 2.75) is 36.8 Å². The summed E-state index contributed by atoms with van der Waals surface area (Å²) in [7, 11) is -3.73. The van der Waals surface area contributed by atoms with Crippen molar-refractivity contribution in [1.29, 1.82) is 0 Å². The van der Waals surface area contributed by atoms with Gasteiger partial charge in [0.15, 0.2) is 5.03 Å². The molecule has 0 aliphatic heterocycles. The summed E-state index contributed by atoms with van der Waals surface area (Å²) in [6.45, 7) is 3.84. The van der Waals surface area contributed by atoms with Gasteiger partial charge in [-0.05, 0) is 25.0 Å². The number of pyridine rings is 1. The SMILES string of the molecule is C=CCN(C1CCCC1)S(=O)(=O)c1ccc(C(=O)O)cn1. The molecule has 114 valence electrons. The van der Waals surface area contributed by atoms with Gasteiger partial charge in [-0.25, -0.2) is 18.2 Å². The number of sulfonamides is 1. The minimum absolute atomic E-state index is 0.0334. The summed E-state index contributed by atoms with van der Waals surface area (Å²) in [5.41, 5.74) is -0.0370. The maximum absolute atomic E-state index is 12.7. The lowest BCUT2D eigenvalue weighted by molar-refractivity contribution is 0.0696. The van der Waals surface area contributed by atoms with Crippen LogP contribution < -0.4 is 0 Å². The summed E-state index contributed by atoms with van der Waals surface area (Å²) in [6.07, 6.45) is 6.32. The van der Waals surface area contributed by atoms with E-state index in [2.05, 4.69) is 11.6 Å². The van der Waals surface area contributed by atoms with Gasteiger partial charge in [-0.2, -0.15) is 4.31 Å². The second kappa shape index (κ2) is 6.36. The highest BCUT2D eigenvalue weighted by Gasteiger charge is 2.33. The van der Waals surface area contributed by atoms with Crippen LogP contribution in [0.2, 0.25) is 0 Å². The molecule has 0 bridgehead atoms. The number of hydrogen-bond donors (Lipinski definition) is 1. The highest BCUT2D eigenvalue weighted by Crippen LogP contribution is 2.28. The molecule has 7 heteroatoms. The van der Waals surface area contributed by atoms with Gasteiger partial charge in [0.25, 0.3) is 10.0 Å². The molecule has 1 heterocycles. The molecule has 2 rings (SSSR count). The Morgan fingerprint density at radius 1 is 1.43 bits per heavy atom. The van der Waals surface area contributed by atoms with Gasteiger partial charge < -0.3 is 5.11 Å². The maximum atomic E-state index is 12.7. The first-order chi connectivity index (χ1) is 9.96. The quantitative estimate of drug-likeness (QED) is 0.811.